The first-order chi connectivity index (χ1) is 19.4. The highest BCUT2D eigenvalue weighted by atomic mass is 19.4. The molecule has 0 bridgehead atoms. The summed E-state index contributed by atoms with van der Waals surface area (Å²) in [6.07, 6.45) is -4.36. The van der Waals surface area contributed by atoms with Gasteiger partial charge in [-0.2, -0.15) is 13.2 Å². The number of rotatable bonds is 9. The van der Waals surface area contributed by atoms with E-state index in [0.29, 0.717) is 69.6 Å². The number of likely N-dealkylation sites (tertiary alicyclic amines) is 2. The van der Waals surface area contributed by atoms with Gasteiger partial charge in [-0.1, -0.05) is 70.2 Å². The quantitative estimate of drug-likeness (QED) is 0.328. The Kier molecular flexibility index (Phi) is 9.67. The van der Waals surface area contributed by atoms with Crippen LogP contribution in [0.2, 0.25) is 0 Å². The first kappa shape index (κ1) is 30.9. The zero-order valence-electron chi connectivity index (χ0n) is 24.4. The van der Waals surface area contributed by atoms with Gasteiger partial charge >= 0.3 is 12.1 Å². The van der Waals surface area contributed by atoms with E-state index in [4.69, 9.17) is 9.47 Å². The Bertz CT molecular complexity index is 1190. The van der Waals surface area contributed by atoms with Crippen molar-refractivity contribution >= 4 is 11.9 Å². The number of alkyl halides is 3. The van der Waals surface area contributed by atoms with Crippen LogP contribution in [0.3, 0.4) is 0 Å². The summed E-state index contributed by atoms with van der Waals surface area (Å²) in [5, 5.41) is 0. The molecule has 0 N–H and O–H groups in total. The molecule has 6 nitrogen and oxygen atoms in total. The Labute approximate surface area is 240 Å². The first-order valence-corrected chi connectivity index (χ1v) is 14.5. The fraction of sp³-hybridized carbons (Fsp3) is 0.562. The molecule has 224 valence electrons. The van der Waals surface area contributed by atoms with E-state index in [-0.39, 0.29) is 12.3 Å². The van der Waals surface area contributed by atoms with Crippen LogP contribution >= 0.6 is 0 Å². The molecule has 2 aromatic carbocycles. The summed E-state index contributed by atoms with van der Waals surface area (Å²) in [5.74, 6) is -0.797. The minimum absolute atomic E-state index is 0.00735. The van der Waals surface area contributed by atoms with Crippen molar-refractivity contribution in [3.8, 4) is 5.75 Å². The molecule has 2 heterocycles. The van der Waals surface area contributed by atoms with Crippen LogP contribution in [0.15, 0.2) is 48.5 Å². The molecule has 2 saturated heterocycles. The second kappa shape index (κ2) is 12.8. The maximum absolute atomic E-state index is 13.3. The Hall–Kier alpha value is -3.07. The highest BCUT2D eigenvalue weighted by Crippen LogP contribution is 2.47. The number of nitrogens with zero attached hydrogens (tertiary/aromatic N) is 2. The molecule has 2 aliphatic heterocycles. The number of carbonyl (C=O) groups is 2. The molecule has 0 aromatic heterocycles. The van der Waals surface area contributed by atoms with E-state index in [1.807, 2.05) is 67.3 Å². The summed E-state index contributed by atoms with van der Waals surface area (Å²) in [6.45, 7) is 10.4. The number of piperidine rings is 1. The molecule has 1 unspecified atom stereocenters. The van der Waals surface area contributed by atoms with Crippen LogP contribution in [-0.2, 0) is 27.3 Å². The lowest BCUT2D eigenvalue weighted by molar-refractivity contribution is -0.220. The van der Waals surface area contributed by atoms with Gasteiger partial charge in [0.1, 0.15) is 5.75 Å². The van der Waals surface area contributed by atoms with Gasteiger partial charge < -0.3 is 14.4 Å². The number of esters is 1. The Morgan fingerprint density at radius 3 is 2.20 bits per heavy atom. The molecule has 4 rings (SSSR count). The Morgan fingerprint density at radius 2 is 1.59 bits per heavy atom. The fourth-order valence-corrected chi connectivity index (χ4v) is 5.78. The predicted molar refractivity (Wildman–Crippen MR) is 150 cm³/mol. The van der Waals surface area contributed by atoms with E-state index in [1.54, 1.807) is 4.90 Å². The number of para-hydroxylation sites is 1. The lowest BCUT2D eigenvalue weighted by Gasteiger charge is -2.43. The monoisotopic (exact) mass is 574 g/mol. The molecule has 41 heavy (non-hydrogen) atoms. The van der Waals surface area contributed by atoms with Crippen molar-refractivity contribution in [1.29, 1.82) is 0 Å². The number of ether oxygens (including phenoxy) is 2. The number of hydrogen-bond acceptors (Lipinski definition) is 5. The molecule has 0 saturated carbocycles. The van der Waals surface area contributed by atoms with E-state index in [0.717, 1.165) is 11.1 Å². The number of hydrogen-bond donors (Lipinski definition) is 0. The summed E-state index contributed by atoms with van der Waals surface area (Å²) < 4.78 is 51.2. The predicted octanol–water partition coefficient (Wildman–Crippen LogP) is 6.33. The van der Waals surface area contributed by atoms with Crippen LogP contribution in [0.1, 0.15) is 69.6 Å². The first-order valence-electron chi connectivity index (χ1n) is 14.5. The number of carbonyl (C=O) groups excluding carboxylic acids is 2. The van der Waals surface area contributed by atoms with Crippen molar-refractivity contribution in [2.24, 2.45) is 11.3 Å². The third kappa shape index (κ3) is 7.61. The Balaban J connectivity index is 1.47. The minimum atomic E-state index is -5.09. The average Bonchev–Trinajstić information content (AvgIpc) is 3.24. The largest absolute Gasteiger partial charge is 0.493 e. The summed E-state index contributed by atoms with van der Waals surface area (Å²) >= 11 is 0. The summed E-state index contributed by atoms with van der Waals surface area (Å²) in [5.41, 5.74) is 2.31. The average molecular weight is 575 g/mol. The van der Waals surface area contributed by atoms with Crippen LogP contribution in [0.5, 0.6) is 5.75 Å². The lowest BCUT2D eigenvalue weighted by atomic mass is 9.76. The van der Waals surface area contributed by atoms with Gasteiger partial charge in [-0.15, -0.1) is 0 Å². The van der Waals surface area contributed by atoms with Gasteiger partial charge in [-0.25, -0.2) is 4.79 Å². The maximum atomic E-state index is 13.3. The normalized spacial score (nSPS) is 19.2. The Morgan fingerprint density at radius 1 is 0.951 bits per heavy atom. The minimum Gasteiger partial charge on any atom is -0.493 e. The van der Waals surface area contributed by atoms with Crippen molar-refractivity contribution in [1.82, 2.24) is 9.80 Å². The van der Waals surface area contributed by atoms with E-state index in [9.17, 15) is 22.8 Å². The molecular formula is C32H41F3N2O4. The topological polar surface area (TPSA) is 59.1 Å². The van der Waals surface area contributed by atoms with Crippen molar-refractivity contribution in [2.45, 2.75) is 78.2 Å². The van der Waals surface area contributed by atoms with Gasteiger partial charge in [0.05, 0.1) is 13.0 Å². The van der Waals surface area contributed by atoms with Gasteiger partial charge in [-0.05, 0) is 48.3 Å². The smallest absolute Gasteiger partial charge is 0.490 e. The van der Waals surface area contributed by atoms with Crippen molar-refractivity contribution in [2.75, 3.05) is 26.2 Å². The van der Waals surface area contributed by atoms with Crippen molar-refractivity contribution < 1.29 is 32.2 Å². The van der Waals surface area contributed by atoms with Crippen LogP contribution in [-0.4, -0.2) is 60.3 Å². The molecule has 2 fully saturated rings. The van der Waals surface area contributed by atoms with Gasteiger partial charge in [0.15, 0.2) is 6.23 Å². The van der Waals surface area contributed by atoms with E-state index < -0.39 is 23.8 Å². The zero-order chi connectivity index (χ0) is 29.8. The molecule has 0 radical (unpaired) electrons. The zero-order valence-corrected chi connectivity index (χ0v) is 24.4. The molecule has 1 spiro atoms. The lowest BCUT2D eigenvalue weighted by Crippen LogP contribution is -2.51. The number of benzene rings is 2. The third-order valence-electron chi connectivity index (χ3n) is 8.23. The third-order valence-corrected chi connectivity index (χ3v) is 8.23. The summed E-state index contributed by atoms with van der Waals surface area (Å²) in [7, 11) is 0. The standard InChI is InChI=1S/C32H41F3N2O4/c1-22(2)21-40-27-8-6-5-7-26(27)20-37-18-15-31(29(37)41-30(39)32(33,34)35)13-16-36(17-14-31)28(38)19-24-9-11-25(12-10-24)23(3)4/h5-12,22-23,29H,13-21H2,1-4H3. The SMILES string of the molecule is CC(C)COc1ccccc1CN1CCC2(CCN(C(=O)Cc3ccc(C(C)C)cc3)CC2)C1OC(=O)C(F)(F)F. The van der Waals surface area contributed by atoms with Gasteiger partial charge in [-0.3, -0.25) is 9.69 Å². The highest BCUT2D eigenvalue weighted by Gasteiger charge is 2.54. The van der Waals surface area contributed by atoms with E-state index >= 15 is 0 Å². The highest BCUT2D eigenvalue weighted by molar-refractivity contribution is 5.79. The van der Waals surface area contributed by atoms with Crippen LogP contribution in [0.25, 0.3) is 0 Å². The second-order valence-electron chi connectivity index (χ2n) is 12.1. The molecule has 1 amide bonds. The van der Waals surface area contributed by atoms with E-state index in [1.165, 1.54) is 5.56 Å². The maximum Gasteiger partial charge on any atom is 0.490 e. The molecule has 9 heteroatoms. The summed E-state index contributed by atoms with van der Waals surface area (Å²) in [4.78, 5) is 28.8. The number of amides is 1. The summed E-state index contributed by atoms with van der Waals surface area (Å²) in [6, 6.07) is 15.5. The van der Waals surface area contributed by atoms with Gasteiger partial charge in [0.25, 0.3) is 0 Å². The molecule has 2 aromatic rings. The van der Waals surface area contributed by atoms with E-state index in [2.05, 4.69) is 13.8 Å². The fourth-order valence-electron chi connectivity index (χ4n) is 5.78. The van der Waals surface area contributed by atoms with Crippen molar-refractivity contribution in [3.63, 3.8) is 0 Å². The number of halogens is 3. The van der Waals surface area contributed by atoms with Crippen LogP contribution in [0, 0.1) is 11.3 Å². The van der Waals surface area contributed by atoms with Crippen molar-refractivity contribution in [3.05, 3.63) is 65.2 Å². The second-order valence-corrected chi connectivity index (χ2v) is 12.1. The van der Waals surface area contributed by atoms with Crippen LogP contribution in [0.4, 0.5) is 13.2 Å². The molecule has 2 aliphatic rings. The van der Waals surface area contributed by atoms with Gasteiger partial charge in [0.2, 0.25) is 5.91 Å². The molecular weight excluding hydrogens is 533 g/mol. The van der Waals surface area contributed by atoms with Crippen LogP contribution < -0.4 is 4.74 Å². The molecule has 0 aliphatic carbocycles. The van der Waals surface area contributed by atoms with Gasteiger partial charge in [0, 0.05) is 37.2 Å². The molecule has 1 atom stereocenters.